The quantitative estimate of drug-likeness (QED) is 0.698. The van der Waals surface area contributed by atoms with Gasteiger partial charge in [0.15, 0.2) is 0 Å². The number of nitrogens with one attached hydrogen (secondary N) is 1. The van der Waals surface area contributed by atoms with Crippen molar-refractivity contribution in [3.8, 4) is 0 Å². The summed E-state index contributed by atoms with van der Waals surface area (Å²) >= 11 is 3.17. The molecule has 0 aromatic heterocycles. The van der Waals surface area contributed by atoms with Crippen LogP contribution in [0.15, 0.2) is 21.5 Å². The van der Waals surface area contributed by atoms with Gasteiger partial charge in [-0.2, -0.15) is 0 Å². The number of aliphatic hydroxyl groups is 1. The zero-order chi connectivity index (χ0) is 16.4. The van der Waals surface area contributed by atoms with Crippen LogP contribution in [0.5, 0.6) is 0 Å². The first-order valence-corrected chi connectivity index (χ1v) is 8.54. The van der Waals surface area contributed by atoms with E-state index in [0.717, 1.165) is 6.07 Å². The predicted molar refractivity (Wildman–Crippen MR) is 81.9 cm³/mol. The van der Waals surface area contributed by atoms with Gasteiger partial charge in [0.05, 0.1) is 17.1 Å². The summed E-state index contributed by atoms with van der Waals surface area (Å²) in [6.07, 6.45) is 0. The summed E-state index contributed by atoms with van der Waals surface area (Å²) in [6, 6.07) is 1.84. The Bertz CT molecular complexity index is 642. The molecule has 8 heteroatoms. The maximum atomic E-state index is 12.4. The first-order chi connectivity index (χ1) is 9.60. The molecule has 6 nitrogen and oxygen atoms in total. The molecule has 0 radical (unpaired) electrons. The van der Waals surface area contributed by atoms with Crippen molar-refractivity contribution < 1.29 is 23.4 Å². The largest absolute Gasteiger partial charge is 0.478 e. The molecule has 0 fully saturated rings. The number of hydrogen-bond acceptors (Lipinski definition) is 4. The van der Waals surface area contributed by atoms with Crippen molar-refractivity contribution in [2.45, 2.75) is 31.7 Å². The third-order valence-corrected chi connectivity index (χ3v) is 5.89. The SMILES string of the molecule is Cc1cc(C(=O)O)cc(S(=O)(=O)NC(CO)C(C)C)c1Br. The minimum atomic E-state index is -3.95. The Labute approximate surface area is 132 Å². The zero-order valence-electron chi connectivity index (χ0n) is 11.9. The molecule has 0 amide bonds. The summed E-state index contributed by atoms with van der Waals surface area (Å²) in [5.41, 5.74) is 0.390. The van der Waals surface area contributed by atoms with Crippen LogP contribution in [0.25, 0.3) is 0 Å². The van der Waals surface area contributed by atoms with Crippen LogP contribution in [-0.4, -0.2) is 37.2 Å². The molecule has 0 aliphatic heterocycles. The van der Waals surface area contributed by atoms with E-state index < -0.39 is 22.0 Å². The predicted octanol–water partition coefficient (Wildman–Crippen LogP) is 1.75. The molecule has 0 spiro atoms. The number of carboxylic acid groups (broad SMARTS) is 1. The molecule has 0 heterocycles. The third kappa shape index (κ3) is 4.26. The van der Waals surface area contributed by atoms with Gasteiger partial charge in [0, 0.05) is 10.5 Å². The minimum Gasteiger partial charge on any atom is -0.478 e. The van der Waals surface area contributed by atoms with Crippen LogP contribution in [0.2, 0.25) is 0 Å². The van der Waals surface area contributed by atoms with Crippen LogP contribution in [0, 0.1) is 12.8 Å². The molecule has 1 aromatic rings. The molecule has 0 aliphatic rings. The highest BCUT2D eigenvalue weighted by Crippen LogP contribution is 2.27. The molecule has 1 atom stereocenters. The van der Waals surface area contributed by atoms with Crippen LogP contribution in [0.1, 0.15) is 29.8 Å². The summed E-state index contributed by atoms with van der Waals surface area (Å²) in [4.78, 5) is 10.9. The number of benzene rings is 1. The number of carboxylic acids is 1. The molecule has 21 heavy (non-hydrogen) atoms. The van der Waals surface area contributed by atoms with Gasteiger partial charge in [-0.25, -0.2) is 17.9 Å². The van der Waals surface area contributed by atoms with Crippen molar-refractivity contribution in [2.75, 3.05) is 6.61 Å². The maximum Gasteiger partial charge on any atom is 0.335 e. The standard InChI is InChI=1S/C13H18BrNO5S/c1-7(2)10(6-16)15-21(19,20)11-5-9(13(17)18)4-8(3)12(11)14/h4-5,7,10,15-16H,6H2,1-3H3,(H,17,18). The summed E-state index contributed by atoms with van der Waals surface area (Å²) in [5.74, 6) is -1.31. The molecular formula is C13H18BrNO5S. The van der Waals surface area contributed by atoms with Crippen molar-refractivity contribution in [3.63, 3.8) is 0 Å². The Morgan fingerprint density at radius 2 is 1.95 bits per heavy atom. The molecule has 3 N–H and O–H groups in total. The lowest BCUT2D eigenvalue weighted by atomic mass is 10.1. The van der Waals surface area contributed by atoms with Crippen LogP contribution in [-0.2, 0) is 10.0 Å². The average molecular weight is 380 g/mol. The van der Waals surface area contributed by atoms with Gasteiger partial charge < -0.3 is 10.2 Å². The summed E-state index contributed by atoms with van der Waals surface area (Å²) in [5, 5.41) is 18.3. The number of aromatic carboxylic acids is 1. The van der Waals surface area contributed by atoms with Crippen molar-refractivity contribution in [1.29, 1.82) is 0 Å². The lowest BCUT2D eigenvalue weighted by Crippen LogP contribution is -2.41. The first kappa shape index (κ1) is 18.1. The Balaban J connectivity index is 3.34. The fourth-order valence-corrected chi connectivity index (χ4v) is 4.12. The van der Waals surface area contributed by atoms with E-state index in [9.17, 15) is 18.3 Å². The molecule has 0 aliphatic carbocycles. The third-order valence-electron chi connectivity index (χ3n) is 3.07. The van der Waals surface area contributed by atoms with Crippen LogP contribution in [0.3, 0.4) is 0 Å². The topological polar surface area (TPSA) is 104 Å². The molecule has 0 bridgehead atoms. The second-order valence-corrected chi connectivity index (χ2v) is 7.54. The highest BCUT2D eigenvalue weighted by molar-refractivity contribution is 9.10. The highest BCUT2D eigenvalue weighted by atomic mass is 79.9. The van der Waals surface area contributed by atoms with Gasteiger partial charge in [-0.1, -0.05) is 13.8 Å². The molecule has 0 saturated heterocycles. The van der Waals surface area contributed by atoms with E-state index in [1.165, 1.54) is 6.07 Å². The monoisotopic (exact) mass is 379 g/mol. The van der Waals surface area contributed by atoms with Gasteiger partial charge in [-0.15, -0.1) is 0 Å². The summed E-state index contributed by atoms with van der Waals surface area (Å²) < 4.78 is 27.5. The highest BCUT2D eigenvalue weighted by Gasteiger charge is 2.25. The zero-order valence-corrected chi connectivity index (χ0v) is 14.3. The second-order valence-electron chi connectivity index (χ2n) is 5.06. The van der Waals surface area contributed by atoms with Crippen molar-refractivity contribution >= 4 is 31.9 Å². The van der Waals surface area contributed by atoms with Crippen LogP contribution in [0.4, 0.5) is 0 Å². The van der Waals surface area contributed by atoms with Gasteiger partial charge in [0.25, 0.3) is 0 Å². The van der Waals surface area contributed by atoms with Gasteiger partial charge in [-0.05, 0) is 46.5 Å². The molecule has 0 saturated carbocycles. The molecule has 118 valence electrons. The van der Waals surface area contributed by atoms with Crippen molar-refractivity contribution in [1.82, 2.24) is 4.72 Å². The van der Waals surface area contributed by atoms with E-state index >= 15 is 0 Å². The van der Waals surface area contributed by atoms with Gasteiger partial charge in [0.2, 0.25) is 10.0 Å². The molecule has 1 aromatic carbocycles. The fraction of sp³-hybridized carbons (Fsp3) is 0.462. The average Bonchev–Trinajstić information content (AvgIpc) is 2.38. The number of halogens is 1. The number of sulfonamides is 1. The Hall–Kier alpha value is -0.960. The lowest BCUT2D eigenvalue weighted by molar-refractivity contribution is 0.0696. The van der Waals surface area contributed by atoms with E-state index in [2.05, 4.69) is 20.7 Å². The number of rotatable bonds is 6. The van der Waals surface area contributed by atoms with Crippen LogP contribution >= 0.6 is 15.9 Å². The van der Waals surface area contributed by atoms with E-state index in [-0.39, 0.29) is 23.0 Å². The molecule has 1 rings (SSSR count). The summed E-state index contributed by atoms with van der Waals surface area (Å²) in [7, 11) is -3.95. The van der Waals surface area contributed by atoms with Gasteiger partial charge in [-0.3, -0.25) is 0 Å². The Morgan fingerprint density at radius 3 is 2.38 bits per heavy atom. The van der Waals surface area contributed by atoms with E-state index in [0.29, 0.717) is 10.0 Å². The molecular weight excluding hydrogens is 362 g/mol. The van der Waals surface area contributed by atoms with Crippen molar-refractivity contribution in [2.24, 2.45) is 5.92 Å². The van der Waals surface area contributed by atoms with Crippen molar-refractivity contribution in [3.05, 3.63) is 27.7 Å². The molecule has 1 unspecified atom stereocenters. The lowest BCUT2D eigenvalue weighted by Gasteiger charge is -2.20. The van der Waals surface area contributed by atoms with E-state index in [1.807, 2.05) is 0 Å². The normalized spacial score (nSPS) is 13.4. The van der Waals surface area contributed by atoms with E-state index in [4.69, 9.17) is 5.11 Å². The number of aryl methyl sites for hydroxylation is 1. The number of carbonyl (C=O) groups is 1. The first-order valence-electron chi connectivity index (χ1n) is 6.26. The minimum absolute atomic E-state index is 0.104. The maximum absolute atomic E-state index is 12.4. The Kier molecular flexibility index (Phi) is 5.92. The van der Waals surface area contributed by atoms with Gasteiger partial charge >= 0.3 is 5.97 Å². The number of hydrogen-bond donors (Lipinski definition) is 3. The number of aliphatic hydroxyl groups excluding tert-OH is 1. The van der Waals surface area contributed by atoms with E-state index in [1.54, 1.807) is 20.8 Å². The Morgan fingerprint density at radius 1 is 1.38 bits per heavy atom. The second kappa shape index (κ2) is 6.87. The van der Waals surface area contributed by atoms with Crippen LogP contribution < -0.4 is 4.72 Å². The summed E-state index contributed by atoms with van der Waals surface area (Å²) in [6.45, 7) is 4.82. The smallest absolute Gasteiger partial charge is 0.335 e. The fourth-order valence-electron chi connectivity index (χ4n) is 1.70. The van der Waals surface area contributed by atoms with Gasteiger partial charge in [0.1, 0.15) is 0 Å².